The maximum atomic E-state index is 2.34. The molecule has 1 unspecified atom stereocenters. The molecule has 0 saturated heterocycles. The average Bonchev–Trinajstić information content (AvgIpc) is 2.34. The summed E-state index contributed by atoms with van der Waals surface area (Å²) in [6.07, 6.45) is 21.3. The van der Waals surface area contributed by atoms with Gasteiger partial charge >= 0.3 is 0 Å². The fourth-order valence-corrected chi connectivity index (χ4v) is 1.92. The van der Waals surface area contributed by atoms with Gasteiger partial charge in [-0.25, -0.2) is 0 Å². The van der Waals surface area contributed by atoms with Crippen LogP contribution in [0.15, 0.2) is 24.3 Å². The molecule has 0 heterocycles. The fourth-order valence-electron chi connectivity index (χ4n) is 1.92. The topological polar surface area (TPSA) is 0 Å². The van der Waals surface area contributed by atoms with Gasteiger partial charge in [-0.2, -0.15) is 0 Å². The molecule has 0 radical (unpaired) electrons. The molecule has 0 amide bonds. The van der Waals surface area contributed by atoms with Crippen molar-refractivity contribution >= 4 is 0 Å². The number of hydrogen-bond acceptors (Lipinski definition) is 0. The van der Waals surface area contributed by atoms with Crippen LogP contribution in [0.5, 0.6) is 0 Å². The van der Waals surface area contributed by atoms with E-state index in [-0.39, 0.29) is 0 Å². The van der Waals surface area contributed by atoms with Crippen molar-refractivity contribution in [3.63, 3.8) is 0 Å². The third kappa shape index (κ3) is 13.4. The molecule has 0 nitrogen and oxygen atoms in total. The predicted octanol–water partition coefficient (Wildman–Crippen LogP) is 6.29. The Morgan fingerprint density at radius 1 is 0.824 bits per heavy atom. The maximum Gasteiger partial charge on any atom is -0.0259 e. The molecule has 0 saturated carbocycles. The Kier molecular flexibility index (Phi) is 13.1. The van der Waals surface area contributed by atoms with Crippen molar-refractivity contribution in [2.24, 2.45) is 5.92 Å². The van der Waals surface area contributed by atoms with Crippen LogP contribution in [0.1, 0.15) is 78.6 Å². The first kappa shape index (κ1) is 16.5. The van der Waals surface area contributed by atoms with Crippen LogP contribution in [-0.2, 0) is 0 Å². The second kappa shape index (κ2) is 13.5. The van der Waals surface area contributed by atoms with Crippen molar-refractivity contribution in [2.75, 3.05) is 0 Å². The molecule has 0 N–H and O–H groups in total. The largest absolute Gasteiger partial charge is 0.0845 e. The minimum absolute atomic E-state index is 0.740. The molecule has 1 atom stereocenters. The van der Waals surface area contributed by atoms with Gasteiger partial charge in [0.25, 0.3) is 0 Å². The van der Waals surface area contributed by atoms with E-state index in [1.54, 1.807) is 0 Å². The van der Waals surface area contributed by atoms with Crippen molar-refractivity contribution in [3.8, 4) is 0 Å². The van der Waals surface area contributed by atoms with E-state index in [9.17, 15) is 0 Å². The standard InChI is InChI=1S/C17H32/c1-4-6-8-9-10-11-12-13-14-16-17(3)15-7-5-2/h12-14,16-17H,4-11,15H2,1-3H3/b13-12+,16-14+. The highest BCUT2D eigenvalue weighted by atomic mass is 14.0. The molecule has 0 aliphatic heterocycles. The van der Waals surface area contributed by atoms with Crippen LogP contribution in [0.2, 0.25) is 0 Å². The van der Waals surface area contributed by atoms with Crippen molar-refractivity contribution in [3.05, 3.63) is 24.3 Å². The Bertz CT molecular complexity index is 188. The van der Waals surface area contributed by atoms with Crippen molar-refractivity contribution in [1.29, 1.82) is 0 Å². The van der Waals surface area contributed by atoms with E-state index in [0.717, 1.165) is 5.92 Å². The van der Waals surface area contributed by atoms with Gasteiger partial charge in [0.1, 0.15) is 0 Å². The Morgan fingerprint density at radius 3 is 2.24 bits per heavy atom. The Morgan fingerprint density at radius 2 is 1.53 bits per heavy atom. The van der Waals surface area contributed by atoms with Gasteiger partial charge < -0.3 is 0 Å². The van der Waals surface area contributed by atoms with Crippen LogP contribution in [0.3, 0.4) is 0 Å². The molecule has 0 spiro atoms. The summed E-state index contributed by atoms with van der Waals surface area (Å²) < 4.78 is 0. The number of unbranched alkanes of at least 4 members (excludes halogenated alkanes) is 6. The summed E-state index contributed by atoms with van der Waals surface area (Å²) in [7, 11) is 0. The number of rotatable bonds is 11. The van der Waals surface area contributed by atoms with Crippen molar-refractivity contribution < 1.29 is 0 Å². The molecule has 17 heavy (non-hydrogen) atoms. The molecule has 0 aliphatic rings. The van der Waals surface area contributed by atoms with Gasteiger partial charge in [-0.05, 0) is 25.2 Å². The van der Waals surface area contributed by atoms with Crippen LogP contribution in [0.25, 0.3) is 0 Å². The predicted molar refractivity (Wildman–Crippen MR) is 80.3 cm³/mol. The van der Waals surface area contributed by atoms with Crippen LogP contribution in [0, 0.1) is 5.92 Å². The van der Waals surface area contributed by atoms with Gasteiger partial charge in [-0.3, -0.25) is 0 Å². The molecule has 0 bridgehead atoms. The lowest BCUT2D eigenvalue weighted by molar-refractivity contribution is 0.598. The second-order valence-corrected chi connectivity index (χ2v) is 5.14. The summed E-state index contributed by atoms with van der Waals surface area (Å²) >= 11 is 0. The molecule has 0 aromatic heterocycles. The number of allylic oxidation sites excluding steroid dienone is 4. The lowest BCUT2D eigenvalue weighted by Crippen LogP contribution is -1.87. The highest BCUT2D eigenvalue weighted by molar-refractivity contribution is 5.03. The zero-order chi connectivity index (χ0) is 12.8. The highest BCUT2D eigenvalue weighted by Gasteiger charge is 1.93. The first-order chi connectivity index (χ1) is 8.31. The van der Waals surface area contributed by atoms with E-state index in [0.29, 0.717) is 0 Å². The quantitative estimate of drug-likeness (QED) is 0.292. The average molecular weight is 236 g/mol. The van der Waals surface area contributed by atoms with E-state index in [4.69, 9.17) is 0 Å². The maximum absolute atomic E-state index is 2.34. The molecular formula is C17H32. The zero-order valence-corrected chi connectivity index (χ0v) is 12.3. The fraction of sp³-hybridized carbons (Fsp3) is 0.765. The minimum atomic E-state index is 0.740. The first-order valence-corrected chi connectivity index (χ1v) is 7.64. The Labute approximate surface area is 109 Å². The normalized spacial score (nSPS) is 13.8. The molecule has 0 aromatic rings. The molecule has 0 rings (SSSR count). The molecule has 0 aromatic carbocycles. The molecular weight excluding hydrogens is 204 g/mol. The number of hydrogen-bond donors (Lipinski definition) is 0. The SMILES string of the molecule is CCCCCCC/C=C/C=C/C(C)CCCC. The lowest BCUT2D eigenvalue weighted by Gasteiger charge is -2.02. The van der Waals surface area contributed by atoms with E-state index in [2.05, 4.69) is 45.1 Å². The summed E-state index contributed by atoms with van der Waals surface area (Å²) in [5.41, 5.74) is 0. The van der Waals surface area contributed by atoms with Gasteiger partial charge in [0.15, 0.2) is 0 Å². The van der Waals surface area contributed by atoms with Gasteiger partial charge in [-0.15, -0.1) is 0 Å². The molecule has 100 valence electrons. The van der Waals surface area contributed by atoms with Crippen molar-refractivity contribution in [2.45, 2.75) is 78.6 Å². The minimum Gasteiger partial charge on any atom is -0.0845 e. The van der Waals surface area contributed by atoms with Crippen LogP contribution in [-0.4, -0.2) is 0 Å². The Hall–Kier alpha value is -0.520. The molecule has 0 fully saturated rings. The van der Waals surface area contributed by atoms with E-state index >= 15 is 0 Å². The second-order valence-electron chi connectivity index (χ2n) is 5.14. The molecule has 0 heteroatoms. The Balaban J connectivity index is 3.36. The van der Waals surface area contributed by atoms with Gasteiger partial charge in [0, 0.05) is 0 Å². The lowest BCUT2D eigenvalue weighted by atomic mass is 10.0. The smallest absolute Gasteiger partial charge is 0.0259 e. The monoisotopic (exact) mass is 236 g/mol. The summed E-state index contributed by atoms with van der Waals surface area (Å²) in [6, 6.07) is 0. The van der Waals surface area contributed by atoms with E-state index in [1.165, 1.54) is 57.8 Å². The highest BCUT2D eigenvalue weighted by Crippen LogP contribution is 2.09. The third-order valence-corrected chi connectivity index (χ3v) is 3.17. The summed E-state index contributed by atoms with van der Waals surface area (Å²) in [5, 5.41) is 0. The third-order valence-electron chi connectivity index (χ3n) is 3.17. The summed E-state index contributed by atoms with van der Waals surface area (Å²) in [5.74, 6) is 0.740. The summed E-state index contributed by atoms with van der Waals surface area (Å²) in [6.45, 7) is 6.84. The zero-order valence-electron chi connectivity index (χ0n) is 12.3. The van der Waals surface area contributed by atoms with Crippen LogP contribution in [0.4, 0.5) is 0 Å². The van der Waals surface area contributed by atoms with Gasteiger partial charge in [0.05, 0.1) is 0 Å². The first-order valence-electron chi connectivity index (χ1n) is 7.64. The van der Waals surface area contributed by atoms with Crippen molar-refractivity contribution in [1.82, 2.24) is 0 Å². The summed E-state index contributed by atoms with van der Waals surface area (Å²) in [4.78, 5) is 0. The van der Waals surface area contributed by atoms with Crippen LogP contribution < -0.4 is 0 Å². The van der Waals surface area contributed by atoms with E-state index in [1.807, 2.05) is 0 Å². The van der Waals surface area contributed by atoms with Gasteiger partial charge in [0.2, 0.25) is 0 Å². The molecule has 0 aliphatic carbocycles. The van der Waals surface area contributed by atoms with E-state index < -0.39 is 0 Å². The van der Waals surface area contributed by atoms with Crippen LogP contribution >= 0.6 is 0 Å². The van der Waals surface area contributed by atoms with Gasteiger partial charge in [-0.1, -0.05) is 83.6 Å².